The highest BCUT2D eigenvalue weighted by Gasteiger charge is 2.34. The van der Waals surface area contributed by atoms with Crippen LogP contribution in [-0.4, -0.2) is 23.9 Å². The van der Waals surface area contributed by atoms with Gasteiger partial charge in [-0.2, -0.15) is 0 Å². The summed E-state index contributed by atoms with van der Waals surface area (Å²) >= 11 is 0. The van der Waals surface area contributed by atoms with E-state index in [1.54, 1.807) is 6.92 Å². The molecule has 0 aromatic heterocycles. The maximum atomic E-state index is 13.1. The lowest BCUT2D eigenvalue weighted by molar-refractivity contribution is -0.00460. The Labute approximate surface area is 99.2 Å². The van der Waals surface area contributed by atoms with Gasteiger partial charge in [0, 0.05) is 18.9 Å². The van der Waals surface area contributed by atoms with Gasteiger partial charge in [0.2, 0.25) is 0 Å². The summed E-state index contributed by atoms with van der Waals surface area (Å²) in [6, 6.07) is 3.73. The summed E-state index contributed by atoms with van der Waals surface area (Å²) in [4.78, 5) is 0. The van der Waals surface area contributed by atoms with Crippen LogP contribution in [0.25, 0.3) is 0 Å². The Hall–Kier alpha value is -1.00. The van der Waals surface area contributed by atoms with Crippen LogP contribution in [0, 0.1) is 17.6 Å². The largest absolute Gasteiger partial charge is 0.389 e. The Kier molecular flexibility index (Phi) is 3.45. The lowest BCUT2D eigenvalue weighted by atomic mass is 9.83. The molecule has 17 heavy (non-hydrogen) atoms. The first-order chi connectivity index (χ1) is 7.99. The maximum Gasteiger partial charge on any atom is 0.159 e. The van der Waals surface area contributed by atoms with Crippen LogP contribution in [0.3, 0.4) is 0 Å². The lowest BCUT2D eigenvalue weighted by Gasteiger charge is -2.29. The molecule has 94 valence electrons. The van der Waals surface area contributed by atoms with E-state index in [0.29, 0.717) is 25.2 Å². The fourth-order valence-electron chi connectivity index (χ4n) is 2.23. The molecule has 2 nitrogen and oxygen atoms in total. The van der Waals surface area contributed by atoms with Crippen LogP contribution >= 0.6 is 0 Å². The molecule has 1 saturated heterocycles. The fourth-order valence-corrected chi connectivity index (χ4v) is 2.23. The van der Waals surface area contributed by atoms with E-state index in [1.165, 1.54) is 6.07 Å². The van der Waals surface area contributed by atoms with Gasteiger partial charge in [0.05, 0.1) is 12.2 Å². The smallest absolute Gasteiger partial charge is 0.159 e. The van der Waals surface area contributed by atoms with Crippen LogP contribution in [0.2, 0.25) is 0 Å². The summed E-state index contributed by atoms with van der Waals surface area (Å²) in [6.07, 6.45) is 1.11. The second-order valence-corrected chi connectivity index (χ2v) is 4.84. The number of aliphatic hydroxyl groups is 1. The van der Waals surface area contributed by atoms with E-state index in [2.05, 4.69) is 0 Å². The minimum atomic E-state index is -0.944. The molecule has 1 aliphatic heterocycles. The van der Waals surface area contributed by atoms with Gasteiger partial charge in [0.25, 0.3) is 0 Å². The van der Waals surface area contributed by atoms with Gasteiger partial charge in [-0.15, -0.1) is 0 Å². The molecule has 0 saturated carbocycles. The topological polar surface area (TPSA) is 29.5 Å². The molecule has 0 bridgehead atoms. The zero-order chi connectivity index (χ0) is 12.5. The SMILES string of the molecule is CC(O)(Cc1ccc(F)c(F)c1)C1CCOC1. The van der Waals surface area contributed by atoms with Gasteiger partial charge in [-0.05, 0) is 31.0 Å². The average molecular weight is 242 g/mol. The highest BCUT2D eigenvalue weighted by atomic mass is 19.2. The number of ether oxygens (including phenoxy) is 1. The van der Waals surface area contributed by atoms with E-state index >= 15 is 0 Å². The third-order valence-corrected chi connectivity index (χ3v) is 3.36. The Morgan fingerprint density at radius 1 is 1.41 bits per heavy atom. The van der Waals surface area contributed by atoms with E-state index < -0.39 is 17.2 Å². The Morgan fingerprint density at radius 3 is 2.76 bits per heavy atom. The molecule has 4 heteroatoms. The molecule has 0 aliphatic carbocycles. The van der Waals surface area contributed by atoms with E-state index in [4.69, 9.17) is 4.74 Å². The number of hydrogen-bond acceptors (Lipinski definition) is 2. The molecule has 1 fully saturated rings. The minimum Gasteiger partial charge on any atom is -0.389 e. The molecular formula is C13H16F2O2. The van der Waals surface area contributed by atoms with Crippen LogP contribution in [-0.2, 0) is 11.2 Å². The summed E-state index contributed by atoms with van der Waals surface area (Å²) in [7, 11) is 0. The minimum absolute atomic E-state index is 0.0515. The van der Waals surface area contributed by atoms with Gasteiger partial charge in [-0.25, -0.2) is 8.78 Å². The molecule has 0 radical (unpaired) electrons. The molecule has 2 unspecified atom stereocenters. The zero-order valence-corrected chi connectivity index (χ0v) is 9.75. The van der Waals surface area contributed by atoms with Gasteiger partial charge in [-0.3, -0.25) is 0 Å². The Balaban J connectivity index is 2.10. The second-order valence-electron chi connectivity index (χ2n) is 4.84. The van der Waals surface area contributed by atoms with Gasteiger partial charge < -0.3 is 9.84 Å². The Morgan fingerprint density at radius 2 is 2.18 bits per heavy atom. The molecule has 2 atom stereocenters. The highest BCUT2D eigenvalue weighted by Crippen LogP contribution is 2.29. The standard InChI is InChI=1S/C13H16F2O2/c1-13(16,10-4-5-17-8-10)7-9-2-3-11(14)12(15)6-9/h2-3,6,10,16H,4-5,7-8H2,1H3. The van der Waals surface area contributed by atoms with E-state index in [1.807, 2.05) is 0 Å². The fraction of sp³-hybridized carbons (Fsp3) is 0.538. The van der Waals surface area contributed by atoms with Gasteiger partial charge in [-0.1, -0.05) is 6.07 Å². The van der Waals surface area contributed by atoms with Crippen molar-refractivity contribution >= 4 is 0 Å². The molecule has 1 heterocycles. The normalized spacial score (nSPS) is 23.6. The molecular weight excluding hydrogens is 226 g/mol. The van der Waals surface area contributed by atoms with Crippen molar-refractivity contribution < 1.29 is 18.6 Å². The van der Waals surface area contributed by atoms with Gasteiger partial charge in [0.1, 0.15) is 0 Å². The van der Waals surface area contributed by atoms with Crippen LogP contribution in [0.1, 0.15) is 18.9 Å². The van der Waals surface area contributed by atoms with Crippen molar-refractivity contribution in [3.8, 4) is 0 Å². The monoisotopic (exact) mass is 242 g/mol. The summed E-state index contributed by atoms with van der Waals surface area (Å²) in [5, 5.41) is 10.3. The van der Waals surface area contributed by atoms with Crippen molar-refractivity contribution in [2.75, 3.05) is 13.2 Å². The summed E-state index contributed by atoms with van der Waals surface area (Å²) in [5.74, 6) is -1.69. The first kappa shape index (κ1) is 12.5. The molecule has 1 aromatic carbocycles. The van der Waals surface area contributed by atoms with Crippen molar-refractivity contribution in [2.45, 2.75) is 25.4 Å². The quantitative estimate of drug-likeness (QED) is 0.881. The summed E-state index contributed by atoms with van der Waals surface area (Å²) in [6.45, 7) is 2.89. The Bertz CT molecular complexity index is 398. The average Bonchev–Trinajstić information content (AvgIpc) is 2.77. The number of hydrogen-bond donors (Lipinski definition) is 1. The van der Waals surface area contributed by atoms with Crippen LogP contribution in [0.15, 0.2) is 18.2 Å². The van der Waals surface area contributed by atoms with Gasteiger partial charge in [0.15, 0.2) is 11.6 Å². The number of benzene rings is 1. The van der Waals surface area contributed by atoms with E-state index in [-0.39, 0.29) is 5.92 Å². The highest BCUT2D eigenvalue weighted by molar-refractivity contribution is 5.20. The predicted octanol–water partition coefficient (Wildman–Crippen LogP) is 2.29. The molecule has 2 rings (SSSR count). The van der Waals surface area contributed by atoms with Crippen molar-refractivity contribution in [1.82, 2.24) is 0 Å². The molecule has 1 N–H and O–H groups in total. The van der Waals surface area contributed by atoms with Crippen molar-refractivity contribution in [1.29, 1.82) is 0 Å². The summed E-state index contributed by atoms with van der Waals surface area (Å²) < 4.78 is 31.1. The van der Waals surface area contributed by atoms with E-state index in [0.717, 1.165) is 18.6 Å². The van der Waals surface area contributed by atoms with Crippen molar-refractivity contribution in [3.63, 3.8) is 0 Å². The third-order valence-electron chi connectivity index (χ3n) is 3.36. The van der Waals surface area contributed by atoms with Crippen molar-refractivity contribution in [2.24, 2.45) is 5.92 Å². The third kappa shape index (κ3) is 2.82. The number of halogens is 2. The second kappa shape index (κ2) is 4.70. The van der Waals surface area contributed by atoms with Crippen LogP contribution in [0.5, 0.6) is 0 Å². The first-order valence-electron chi connectivity index (χ1n) is 5.73. The molecule has 1 aromatic rings. The predicted molar refractivity (Wildman–Crippen MR) is 59.6 cm³/mol. The van der Waals surface area contributed by atoms with Gasteiger partial charge >= 0.3 is 0 Å². The molecule has 0 amide bonds. The lowest BCUT2D eigenvalue weighted by Crippen LogP contribution is -2.37. The van der Waals surface area contributed by atoms with Crippen LogP contribution in [0.4, 0.5) is 8.78 Å². The van der Waals surface area contributed by atoms with E-state index in [9.17, 15) is 13.9 Å². The van der Waals surface area contributed by atoms with Crippen molar-refractivity contribution in [3.05, 3.63) is 35.4 Å². The first-order valence-corrected chi connectivity index (χ1v) is 5.73. The molecule has 0 spiro atoms. The zero-order valence-electron chi connectivity index (χ0n) is 9.75. The van der Waals surface area contributed by atoms with Crippen LogP contribution < -0.4 is 0 Å². The maximum absolute atomic E-state index is 13.1. The molecule has 1 aliphatic rings. The summed E-state index contributed by atoms with van der Waals surface area (Å²) in [5.41, 5.74) is -0.346. The number of rotatable bonds is 3.